The summed E-state index contributed by atoms with van der Waals surface area (Å²) in [5, 5.41) is 1.93. The van der Waals surface area contributed by atoms with Crippen molar-refractivity contribution in [3.8, 4) is 0 Å². The first-order valence-corrected chi connectivity index (χ1v) is 11.7. The Balaban J connectivity index is 1.52. The van der Waals surface area contributed by atoms with Gasteiger partial charge in [-0.3, -0.25) is 4.79 Å². The van der Waals surface area contributed by atoms with Crippen LogP contribution >= 0.6 is 0 Å². The molecule has 2 aromatic carbocycles. The summed E-state index contributed by atoms with van der Waals surface area (Å²) in [4.78, 5) is 15.2. The highest BCUT2D eigenvalue weighted by Crippen LogP contribution is 2.28. The number of sulfonamides is 1. The highest BCUT2D eigenvalue weighted by Gasteiger charge is 2.35. The molecule has 150 valence electrons. The van der Waals surface area contributed by atoms with Crippen LogP contribution in [0, 0.1) is 11.8 Å². The predicted octanol–water partition coefficient (Wildman–Crippen LogP) is 3.50. The van der Waals surface area contributed by atoms with Gasteiger partial charge < -0.3 is 4.90 Å². The minimum absolute atomic E-state index is 0.130. The molecule has 2 heterocycles. The van der Waals surface area contributed by atoms with Crippen LogP contribution in [0.1, 0.15) is 32.6 Å². The first-order valence-electron chi connectivity index (χ1n) is 10.2. The number of nitrogens with zero attached hydrogens (tertiary/aromatic N) is 2. The Bertz CT molecular complexity index is 965. The number of piperidine rings is 2. The van der Waals surface area contributed by atoms with Crippen molar-refractivity contribution in [2.45, 2.75) is 37.5 Å². The standard InChI is InChI=1S/C22H28N2O3S/c1-17-10-13-23(14-11-17)22(25)20-7-4-12-24(16-20)28(26,27)21-9-8-18-5-2-3-6-19(18)15-21/h2-3,5-6,8-9,15,17,20H,4,7,10-14,16H2,1H3/t20-/m1/s1. The molecule has 1 amide bonds. The maximum Gasteiger partial charge on any atom is 0.243 e. The van der Waals surface area contributed by atoms with Gasteiger partial charge in [0.05, 0.1) is 10.8 Å². The van der Waals surface area contributed by atoms with E-state index in [4.69, 9.17) is 0 Å². The topological polar surface area (TPSA) is 57.7 Å². The Labute approximate surface area is 167 Å². The van der Waals surface area contributed by atoms with Crippen LogP contribution in [0.15, 0.2) is 47.4 Å². The molecule has 0 saturated carbocycles. The van der Waals surface area contributed by atoms with Crippen LogP contribution in [-0.2, 0) is 14.8 Å². The van der Waals surface area contributed by atoms with Gasteiger partial charge in [0, 0.05) is 26.2 Å². The molecule has 28 heavy (non-hydrogen) atoms. The van der Waals surface area contributed by atoms with Gasteiger partial charge in [-0.25, -0.2) is 8.42 Å². The van der Waals surface area contributed by atoms with E-state index in [1.165, 1.54) is 4.31 Å². The maximum absolute atomic E-state index is 13.2. The molecule has 5 nitrogen and oxygen atoms in total. The van der Waals surface area contributed by atoms with E-state index in [1.807, 2.05) is 35.2 Å². The lowest BCUT2D eigenvalue weighted by molar-refractivity contribution is -0.138. The van der Waals surface area contributed by atoms with Crippen molar-refractivity contribution in [1.29, 1.82) is 0 Å². The van der Waals surface area contributed by atoms with Crippen molar-refractivity contribution in [2.75, 3.05) is 26.2 Å². The second kappa shape index (κ2) is 7.84. The molecule has 2 aliphatic heterocycles. The van der Waals surface area contributed by atoms with Gasteiger partial charge in [0.15, 0.2) is 0 Å². The van der Waals surface area contributed by atoms with E-state index in [9.17, 15) is 13.2 Å². The minimum atomic E-state index is -3.60. The summed E-state index contributed by atoms with van der Waals surface area (Å²) in [6.45, 7) is 4.60. The Morgan fingerprint density at radius 2 is 1.68 bits per heavy atom. The van der Waals surface area contributed by atoms with Gasteiger partial charge in [-0.2, -0.15) is 4.31 Å². The van der Waals surface area contributed by atoms with Crippen molar-refractivity contribution in [3.63, 3.8) is 0 Å². The van der Waals surface area contributed by atoms with Crippen molar-refractivity contribution in [1.82, 2.24) is 9.21 Å². The third kappa shape index (κ3) is 3.80. The summed E-state index contributed by atoms with van der Waals surface area (Å²) < 4.78 is 27.9. The number of benzene rings is 2. The summed E-state index contributed by atoms with van der Waals surface area (Å²) in [5.41, 5.74) is 0. The summed E-state index contributed by atoms with van der Waals surface area (Å²) in [7, 11) is -3.60. The maximum atomic E-state index is 13.2. The van der Waals surface area contributed by atoms with Crippen LogP contribution in [0.4, 0.5) is 0 Å². The van der Waals surface area contributed by atoms with E-state index in [0.29, 0.717) is 23.9 Å². The molecule has 0 N–H and O–H groups in total. The van der Waals surface area contributed by atoms with Crippen LogP contribution < -0.4 is 0 Å². The van der Waals surface area contributed by atoms with E-state index < -0.39 is 10.0 Å². The molecular weight excluding hydrogens is 372 g/mol. The molecule has 0 aromatic heterocycles. The molecule has 0 unspecified atom stereocenters. The van der Waals surface area contributed by atoms with E-state index in [0.717, 1.165) is 49.5 Å². The number of rotatable bonds is 3. The third-order valence-electron chi connectivity index (χ3n) is 6.19. The van der Waals surface area contributed by atoms with E-state index in [-0.39, 0.29) is 11.8 Å². The molecule has 1 atom stereocenters. The van der Waals surface area contributed by atoms with Gasteiger partial charge in [-0.15, -0.1) is 0 Å². The fraction of sp³-hybridized carbons (Fsp3) is 0.500. The quantitative estimate of drug-likeness (QED) is 0.792. The molecule has 0 bridgehead atoms. The van der Waals surface area contributed by atoms with Crippen LogP contribution in [0.5, 0.6) is 0 Å². The molecule has 0 radical (unpaired) electrons. The summed E-state index contributed by atoms with van der Waals surface area (Å²) in [5.74, 6) is 0.572. The van der Waals surface area contributed by atoms with Crippen molar-refractivity contribution in [2.24, 2.45) is 11.8 Å². The highest BCUT2D eigenvalue weighted by atomic mass is 32.2. The zero-order valence-electron chi connectivity index (χ0n) is 16.4. The average Bonchev–Trinajstić information content (AvgIpc) is 2.73. The van der Waals surface area contributed by atoms with E-state index in [1.54, 1.807) is 12.1 Å². The second-order valence-corrected chi connectivity index (χ2v) is 10.2. The van der Waals surface area contributed by atoms with Gasteiger partial charge >= 0.3 is 0 Å². The number of carbonyl (C=O) groups excluding carboxylic acids is 1. The summed E-state index contributed by atoms with van der Waals surface area (Å²) in [6, 6.07) is 13.0. The largest absolute Gasteiger partial charge is 0.342 e. The second-order valence-electron chi connectivity index (χ2n) is 8.22. The Hall–Kier alpha value is -1.92. The van der Waals surface area contributed by atoms with Crippen LogP contribution in [0.3, 0.4) is 0 Å². The lowest BCUT2D eigenvalue weighted by atomic mass is 9.94. The van der Waals surface area contributed by atoms with Crippen molar-refractivity contribution in [3.05, 3.63) is 42.5 Å². The van der Waals surface area contributed by atoms with Gasteiger partial charge in [0.1, 0.15) is 0 Å². The van der Waals surface area contributed by atoms with Crippen molar-refractivity contribution < 1.29 is 13.2 Å². The van der Waals surface area contributed by atoms with Crippen LogP contribution in [0.2, 0.25) is 0 Å². The molecule has 0 aliphatic carbocycles. The molecule has 2 saturated heterocycles. The number of carbonyl (C=O) groups is 1. The minimum Gasteiger partial charge on any atom is -0.342 e. The molecule has 0 spiro atoms. The fourth-order valence-corrected chi connectivity index (χ4v) is 5.89. The van der Waals surface area contributed by atoms with E-state index in [2.05, 4.69) is 6.92 Å². The Morgan fingerprint density at radius 1 is 0.964 bits per heavy atom. The zero-order chi connectivity index (χ0) is 19.7. The number of fused-ring (bicyclic) bond motifs is 1. The van der Waals surface area contributed by atoms with Crippen LogP contribution in [0.25, 0.3) is 10.8 Å². The van der Waals surface area contributed by atoms with Crippen LogP contribution in [-0.4, -0.2) is 49.7 Å². The first kappa shape index (κ1) is 19.4. The van der Waals surface area contributed by atoms with Gasteiger partial charge in [-0.05, 0) is 54.5 Å². The van der Waals surface area contributed by atoms with E-state index >= 15 is 0 Å². The SMILES string of the molecule is CC1CCN(C(=O)[C@@H]2CCCN(S(=O)(=O)c3ccc4ccccc4c3)C2)CC1. The van der Waals surface area contributed by atoms with Gasteiger partial charge in [-0.1, -0.05) is 37.3 Å². The number of hydrogen-bond acceptors (Lipinski definition) is 3. The summed E-state index contributed by atoms with van der Waals surface area (Å²) in [6.07, 6.45) is 3.58. The zero-order valence-corrected chi connectivity index (χ0v) is 17.2. The number of hydrogen-bond donors (Lipinski definition) is 0. The molecule has 4 rings (SSSR count). The Kier molecular flexibility index (Phi) is 5.43. The highest BCUT2D eigenvalue weighted by molar-refractivity contribution is 7.89. The third-order valence-corrected chi connectivity index (χ3v) is 8.05. The first-order chi connectivity index (χ1) is 13.4. The van der Waals surface area contributed by atoms with Gasteiger partial charge in [0.25, 0.3) is 0 Å². The predicted molar refractivity (Wildman–Crippen MR) is 110 cm³/mol. The molecule has 2 aliphatic rings. The fourth-order valence-electron chi connectivity index (χ4n) is 4.33. The normalized spacial score (nSPS) is 22.5. The average molecular weight is 401 g/mol. The molecule has 2 aromatic rings. The molecular formula is C22H28N2O3S. The molecule has 2 fully saturated rings. The lowest BCUT2D eigenvalue weighted by Gasteiger charge is -2.36. The van der Waals surface area contributed by atoms with Crippen molar-refractivity contribution >= 4 is 26.7 Å². The van der Waals surface area contributed by atoms with Gasteiger partial charge in [0.2, 0.25) is 15.9 Å². The Morgan fingerprint density at radius 3 is 2.43 bits per heavy atom. The lowest BCUT2D eigenvalue weighted by Crippen LogP contribution is -2.48. The smallest absolute Gasteiger partial charge is 0.243 e. The summed E-state index contributed by atoms with van der Waals surface area (Å²) >= 11 is 0. The monoisotopic (exact) mass is 400 g/mol. The number of amides is 1. The molecule has 6 heteroatoms. The number of likely N-dealkylation sites (tertiary alicyclic amines) is 1.